The molecule has 1 unspecified atom stereocenters. The summed E-state index contributed by atoms with van der Waals surface area (Å²) < 4.78 is 67.7. The summed E-state index contributed by atoms with van der Waals surface area (Å²) in [5, 5.41) is 10.0. The van der Waals surface area contributed by atoms with Crippen molar-refractivity contribution in [3.63, 3.8) is 0 Å². The molecular weight excluding hydrogens is 459 g/mol. The molecule has 33 heavy (non-hydrogen) atoms. The van der Waals surface area contributed by atoms with Gasteiger partial charge in [-0.1, -0.05) is 12.1 Å². The maximum Gasteiger partial charge on any atom is 0.297 e. The van der Waals surface area contributed by atoms with Crippen molar-refractivity contribution < 1.29 is 26.4 Å². The number of benzene rings is 2. The smallest absolute Gasteiger partial charge is 0.297 e. The first-order valence-electron chi connectivity index (χ1n) is 10.1. The molecule has 174 valence electrons. The molecule has 1 aliphatic rings. The lowest BCUT2D eigenvalue weighted by atomic mass is 9.98. The monoisotopic (exact) mass is 479 g/mol. The van der Waals surface area contributed by atoms with Gasteiger partial charge < -0.3 is 9.88 Å². The summed E-state index contributed by atoms with van der Waals surface area (Å²) in [4.78, 5) is 12.6. The highest BCUT2D eigenvalue weighted by Crippen LogP contribution is 2.25. The van der Waals surface area contributed by atoms with Gasteiger partial charge in [-0.3, -0.25) is 9.52 Å². The average Bonchev–Trinajstić information content (AvgIpc) is 3.23. The number of hydrogen-bond acceptors (Lipinski definition) is 5. The molecule has 1 amide bonds. The zero-order valence-electron chi connectivity index (χ0n) is 17.2. The fourth-order valence-electron chi connectivity index (χ4n) is 3.58. The van der Waals surface area contributed by atoms with Crippen LogP contribution in [0, 0.1) is 11.7 Å². The highest BCUT2D eigenvalue weighted by Gasteiger charge is 2.30. The number of fused-ring (bicyclic) bond motifs is 1. The molecule has 2 aromatic carbocycles. The number of aryl methyl sites for hydroxylation is 1. The zero-order valence-corrected chi connectivity index (χ0v) is 18.0. The van der Waals surface area contributed by atoms with Crippen LogP contribution in [-0.4, -0.2) is 29.1 Å². The molecule has 1 aliphatic heterocycles. The highest BCUT2D eigenvalue weighted by molar-refractivity contribution is 7.92. The second kappa shape index (κ2) is 9.22. The Morgan fingerprint density at radius 1 is 1.09 bits per heavy atom. The van der Waals surface area contributed by atoms with Crippen molar-refractivity contribution in [1.82, 2.24) is 20.1 Å². The number of nitrogens with zero attached hydrogens (tertiary/aromatic N) is 3. The predicted octanol–water partition coefficient (Wildman–Crippen LogP) is 3.03. The molecule has 0 aliphatic carbocycles. The van der Waals surface area contributed by atoms with Crippen LogP contribution in [-0.2, 0) is 34.3 Å². The fourth-order valence-corrected chi connectivity index (χ4v) is 4.63. The van der Waals surface area contributed by atoms with Gasteiger partial charge in [-0.05, 0) is 48.4 Å². The number of rotatable bonds is 7. The molecule has 0 bridgehead atoms. The molecule has 12 heteroatoms. The lowest BCUT2D eigenvalue weighted by molar-refractivity contribution is -0.126. The third-order valence-electron chi connectivity index (χ3n) is 5.34. The summed E-state index contributed by atoms with van der Waals surface area (Å²) >= 11 is 0. The minimum absolute atomic E-state index is 0.00819. The number of hydrogen-bond donors (Lipinski definition) is 2. The Hall–Kier alpha value is -3.41. The summed E-state index contributed by atoms with van der Waals surface area (Å²) in [5.74, 6) is -1.25. The highest BCUT2D eigenvalue weighted by atomic mass is 32.2. The standard InChI is InChI=1S/C21H20F3N5O3S/c22-15-4-6-16(7-5-15)28-33(31,32)17-8-1-13(2-9-17)11-25-21(30)14-3-10-18-26-27-20(19(23)24)29(18)12-14/h1-2,4-9,14,19,28H,3,10-12H2,(H,25,30). The van der Waals surface area contributed by atoms with E-state index in [0.717, 1.165) is 12.1 Å². The number of amides is 1. The van der Waals surface area contributed by atoms with Crippen LogP contribution in [0.1, 0.15) is 30.1 Å². The Balaban J connectivity index is 1.35. The van der Waals surface area contributed by atoms with Gasteiger partial charge in [0.25, 0.3) is 16.4 Å². The lowest BCUT2D eigenvalue weighted by Gasteiger charge is -2.23. The number of carbonyl (C=O) groups excluding carboxylic acids is 1. The van der Waals surface area contributed by atoms with Gasteiger partial charge in [0.15, 0.2) is 5.82 Å². The molecule has 1 aromatic heterocycles. The summed E-state index contributed by atoms with van der Waals surface area (Å²) in [6.45, 7) is 0.234. The average molecular weight is 479 g/mol. The number of nitrogens with one attached hydrogen (secondary N) is 2. The molecule has 0 radical (unpaired) electrons. The predicted molar refractivity (Wildman–Crippen MR) is 112 cm³/mol. The van der Waals surface area contributed by atoms with Crippen LogP contribution in [0.3, 0.4) is 0 Å². The van der Waals surface area contributed by atoms with Crippen molar-refractivity contribution in [1.29, 1.82) is 0 Å². The number of alkyl halides is 2. The van der Waals surface area contributed by atoms with Crippen LogP contribution in [0.2, 0.25) is 0 Å². The van der Waals surface area contributed by atoms with Gasteiger partial charge in [0, 0.05) is 25.2 Å². The molecule has 4 rings (SSSR count). The molecular formula is C21H20F3N5O3S. The molecule has 0 spiro atoms. The summed E-state index contributed by atoms with van der Waals surface area (Å²) in [6, 6.07) is 10.8. The van der Waals surface area contributed by atoms with E-state index >= 15 is 0 Å². The summed E-state index contributed by atoms with van der Waals surface area (Å²) in [7, 11) is -3.86. The van der Waals surface area contributed by atoms with E-state index in [1.807, 2.05) is 0 Å². The van der Waals surface area contributed by atoms with Crippen LogP contribution < -0.4 is 10.0 Å². The Morgan fingerprint density at radius 3 is 2.45 bits per heavy atom. The number of anilines is 1. The van der Waals surface area contributed by atoms with Crippen molar-refractivity contribution in [2.75, 3.05) is 4.72 Å². The van der Waals surface area contributed by atoms with Crippen molar-refractivity contribution in [3.8, 4) is 0 Å². The van der Waals surface area contributed by atoms with Gasteiger partial charge in [-0.2, -0.15) is 0 Å². The number of aromatic nitrogens is 3. The second-order valence-corrected chi connectivity index (χ2v) is 9.28. The van der Waals surface area contributed by atoms with Crippen LogP contribution in [0.4, 0.5) is 18.9 Å². The Bertz CT molecular complexity index is 1250. The van der Waals surface area contributed by atoms with E-state index in [9.17, 15) is 26.4 Å². The number of carbonyl (C=O) groups is 1. The number of halogens is 3. The SMILES string of the molecule is O=C(NCc1ccc(S(=O)(=O)Nc2ccc(F)cc2)cc1)C1CCc2nnc(C(F)F)n2C1. The molecule has 0 saturated carbocycles. The van der Waals surface area contributed by atoms with Crippen LogP contribution in [0.15, 0.2) is 53.4 Å². The van der Waals surface area contributed by atoms with E-state index in [0.29, 0.717) is 24.2 Å². The molecule has 8 nitrogen and oxygen atoms in total. The minimum atomic E-state index is -3.86. The van der Waals surface area contributed by atoms with E-state index < -0.39 is 34.0 Å². The first kappa shape index (κ1) is 22.8. The van der Waals surface area contributed by atoms with Gasteiger partial charge >= 0.3 is 0 Å². The Labute approximate surface area is 187 Å². The maximum atomic E-state index is 13.1. The van der Waals surface area contributed by atoms with E-state index in [2.05, 4.69) is 20.2 Å². The molecule has 2 heterocycles. The maximum absolute atomic E-state index is 13.1. The van der Waals surface area contributed by atoms with E-state index in [1.54, 1.807) is 12.1 Å². The first-order valence-corrected chi connectivity index (χ1v) is 11.6. The van der Waals surface area contributed by atoms with Crippen LogP contribution in [0.25, 0.3) is 0 Å². The normalized spacial score (nSPS) is 15.8. The molecule has 0 fully saturated rings. The van der Waals surface area contributed by atoms with Crippen LogP contribution >= 0.6 is 0 Å². The van der Waals surface area contributed by atoms with Gasteiger partial charge in [0.1, 0.15) is 11.6 Å². The summed E-state index contributed by atoms with van der Waals surface area (Å²) in [5.41, 5.74) is 0.893. The summed E-state index contributed by atoms with van der Waals surface area (Å²) in [6.07, 6.45) is -1.91. The van der Waals surface area contributed by atoms with E-state index in [4.69, 9.17) is 0 Å². The fraction of sp³-hybridized carbons (Fsp3) is 0.286. The minimum Gasteiger partial charge on any atom is -0.352 e. The second-order valence-electron chi connectivity index (χ2n) is 7.60. The largest absolute Gasteiger partial charge is 0.352 e. The van der Waals surface area contributed by atoms with Crippen molar-refractivity contribution >= 4 is 21.6 Å². The topological polar surface area (TPSA) is 106 Å². The zero-order chi connectivity index (χ0) is 23.6. The Kier molecular flexibility index (Phi) is 6.36. The molecule has 3 aromatic rings. The number of sulfonamides is 1. The molecule has 0 saturated heterocycles. The van der Waals surface area contributed by atoms with Crippen molar-refractivity contribution in [2.24, 2.45) is 5.92 Å². The third kappa shape index (κ3) is 5.16. The first-order chi connectivity index (χ1) is 15.7. The van der Waals surface area contributed by atoms with Gasteiger partial charge in [0.05, 0.1) is 10.8 Å². The van der Waals surface area contributed by atoms with Crippen molar-refractivity contribution in [2.45, 2.75) is 37.3 Å². The van der Waals surface area contributed by atoms with Gasteiger partial charge in [0.2, 0.25) is 5.91 Å². The molecule has 1 atom stereocenters. The van der Waals surface area contributed by atoms with Gasteiger partial charge in [-0.15, -0.1) is 10.2 Å². The Morgan fingerprint density at radius 2 is 1.79 bits per heavy atom. The van der Waals surface area contributed by atoms with E-state index in [-0.39, 0.29) is 29.6 Å². The van der Waals surface area contributed by atoms with Crippen molar-refractivity contribution in [3.05, 3.63) is 71.6 Å². The van der Waals surface area contributed by atoms with Gasteiger partial charge in [-0.25, -0.2) is 21.6 Å². The third-order valence-corrected chi connectivity index (χ3v) is 6.74. The lowest BCUT2D eigenvalue weighted by Crippen LogP contribution is -2.36. The molecule has 2 N–H and O–H groups in total. The quantitative estimate of drug-likeness (QED) is 0.542. The van der Waals surface area contributed by atoms with Crippen LogP contribution in [0.5, 0.6) is 0 Å². The van der Waals surface area contributed by atoms with E-state index in [1.165, 1.54) is 28.8 Å².